The first-order chi connectivity index (χ1) is 8.41. The van der Waals surface area contributed by atoms with Crippen LogP contribution in [0.1, 0.15) is 13.8 Å². The summed E-state index contributed by atoms with van der Waals surface area (Å²) in [5, 5.41) is 0. The smallest absolute Gasteiger partial charge is 0.166 e. The fourth-order valence-corrected chi connectivity index (χ4v) is 2.64. The second-order valence-electron chi connectivity index (χ2n) is 4.99. The van der Waals surface area contributed by atoms with E-state index >= 15 is 0 Å². The summed E-state index contributed by atoms with van der Waals surface area (Å²) in [7, 11) is 0. The molecule has 0 amide bonds. The maximum absolute atomic E-state index is 13.9. The van der Waals surface area contributed by atoms with E-state index in [1.54, 1.807) is 6.20 Å². The van der Waals surface area contributed by atoms with Crippen molar-refractivity contribution in [1.29, 1.82) is 0 Å². The van der Waals surface area contributed by atoms with Gasteiger partial charge in [0, 0.05) is 23.8 Å². The monoisotopic (exact) mass is 336 g/mol. The number of nitrogens with zero attached hydrogens (tertiary/aromatic N) is 2. The first-order valence-corrected chi connectivity index (χ1v) is 7.04. The molecule has 0 aliphatic carbocycles. The number of alkyl halides is 1. The lowest BCUT2D eigenvalue weighted by atomic mass is 10.1. The van der Waals surface area contributed by atoms with Gasteiger partial charge < -0.3 is 9.64 Å². The third kappa shape index (κ3) is 3.13. The van der Waals surface area contributed by atoms with Gasteiger partial charge in [-0.25, -0.2) is 9.37 Å². The molecule has 0 radical (unpaired) electrons. The second kappa shape index (κ2) is 5.31. The highest BCUT2D eigenvalue weighted by Crippen LogP contribution is 2.27. The summed E-state index contributed by atoms with van der Waals surface area (Å²) in [5.41, 5.74) is -0.362. The molecule has 0 bridgehead atoms. The predicted octanol–water partition coefficient (Wildman–Crippen LogP) is 3.21. The lowest BCUT2D eigenvalue weighted by Gasteiger charge is -2.42. The Morgan fingerprint density at radius 1 is 1.67 bits per heavy atom. The molecule has 18 heavy (non-hydrogen) atoms. The fourth-order valence-electron chi connectivity index (χ4n) is 2.18. The highest BCUT2D eigenvalue weighted by atomic mass is 79.9. The Bertz CT molecular complexity index is 444. The van der Waals surface area contributed by atoms with Crippen LogP contribution in [0.2, 0.25) is 0 Å². The van der Waals surface area contributed by atoms with Crippen molar-refractivity contribution >= 4 is 33.3 Å². The molecule has 1 unspecified atom stereocenters. The number of rotatable bonds is 2. The van der Waals surface area contributed by atoms with Gasteiger partial charge in [-0.1, -0.05) is 0 Å². The summed E-state index contributed by atoms with van der Waals surface area (Å²) < 4.78 is 20.3. The third-order valence-electron chi connectivity index (χ3n) is 2.74. The molecule has 2 heterocycles. The van der Waals surface area contributed by atoms with Crippen LogP contribution in [0, 0.1) is 5.82 Å². The van der Waals surface area contributed by atoms with E-state index in [0.717, 1.165) is 0 Å². The van der Waals surface area contributed by atoms with Gasteiger partial charge >= 0.3 is 0 Å². The molecule has 0 aromatic carbocycles. The number of ether oxygens (including phenoxy) is 1. The van der Waals surface area contributed by atoms with Crippen molar-refractivity contribution < 1.29 is 9.13 Å². The summed E-state index contributed by atoms with van der Waals surface area (Å²) in [4.78, 5) is 6.03. The van der Waals surface area contributed by atoms with Crippen molar-refractivity contribution in [2.75, 3.05) is 23.9 Å². The van der Waals surface area contributed by atoms with Gasteiger partial charge in [-0.3, -0.25) is 0 Å². The second-order valence-corrected chi connectivity index (χ2v) is 6.22. The number of hydrogen-bond acceptors (Lipinski definition) is 3. The molecule has 1 fully saturated rings. The Morgan fingerprint density at radius 3 is 3.00 bits per heavy atom. The molecular weight excluding hydrogens is 322 g/mol. The molecule has 6 heteroatoms. The molecule has 3 nitrogen and oxygen atoms in total. The molecule has 1 saturated heterocycles. The zero-order valence-electron chi connectivity index (χ0n) is 10.3. The molecule has 0 spiro atoms. The first kappa shape index (κ1) is 14.0. The molecule has 0 N–H and O–H groups in total. The van der Waals surface area contributed by atoms with E-state index in [1.807, 2.05) is 18.7 Å². The largest absolute Gasteiger partial charge is 0.367 e. The maximum Gasteiger partial charge on any atom is 0.166 e. The van der Waals surface area contributed by atoms with Crippen LogP contribution in [0.4, 0.5) is 10.2 Å². The van der Waals surface area contributed by atoms with E-state index in [0.29, 0.717) is 29.3 Å². The average molecular weight is 338 g/mol. The van der Waals surface area contributed by atoms with Crippen LogP contribution in [0.3, 0.4) is 0 Å². The topological polar surface area (TPSA) is 25.4 Å². The molecule has 1 aromatic rings. The van der Waals surface area contributed by atoms with Crippen molar-refractivity contribution in [2.24, 2.45) is 0 Å². The number of anilines is 1. The van der Waals surface area contributed by atoms with Crippen molar-refractivity contribution in [2.45, 2.75) is 25.6 Å². The SMILES string of the molecule is CC1(C)CN(c2ncc(Br)cc2F)CC(CCl)O1. The Balaban J connectivity index is 2.26. The molecule has 1 atom stereocenters. The van der Waals surface area contributed by atoms with E-state index in [-0.39, 0.29) is 17.5 Å². The van der Waals surface area contributed by atoms with Crippen LogP contribution in [0.15, 0.2) is 16.7 Å². The van der Waals surface area contributed by atoms with Crippen LogP contribution < -0.4 is 4.90 Å². The van der Waals surface area contributed by atoms with Crippen LogP contribution >= 0.6 is 27.5 Å². The van der Waals surface area contributed by atoms with Crippen LogP contribution in [-0.2, 0) is 4.74 Å². The zero-order valence-corrected chi connectivity index (χ0v) is 12.6. The average Bonchev–Trinajstić information content (AvgIpc) is 2.26. The van der Waals surface area contributed by atoms with Gasteiger partial charge in [-0.15, -0.1) is 11.6 Å². The van der Waals surface area contributed by atoms with Gasteiger partial charge in [0.15, 0.2) is 11.6 Å². The van der Waals surface area contributed by atoms with Gasteiger partial charge in [0.2, 0.25) is 0 Å². The number of morpholine rings is 1. The van der Waals surface area contributed by atoms with Gasteiger partial charge in [-0.05, 0) is 35.8 Å². The van der Waals surface area contributed by atoms with E-state index < -0.39 is 0 Å². The Morgan fingerprint density at radius 2 is 2.39 bits per heavy atom. The van der Waals surface area contributed by atoms with E-state index in [4.69, 9.17) is 16.3 Å². The van der Waals surface area contributed by atoms with E-state index in [9.17, 15) is 4.39 Å². The van der Waals surface area contributed by atoms with E-state index in [1.165, 1.54) is 6.07 Å². The highest BCUT2D eigenvalue weighted by molar-refractivity contribution is 9.10. The highest BCUT2D eigenvalue weighted by Gasteiger charge is 2.34. The standard InChI is InChI=1S/C12H15BrClFN2O/c1-12(2)7-17(6-9(4-14)18-12)11-10(15)3-8(13)5-16-11/h3,5,9H,4,6-7H2,1-2H3. The third-order valence-corrected chi connectivity index (χ3v) is 3.52. The predicted molar refractivity (Wildman–Crippen MR) is 73.8 cm³/mol. The van der Waals surface area contributed by atoms with Crippen molar-refractivity contribution in [3.8, 4) is 0 Å². The van der Waals surface area contributed by atoms with Crippen LogP contribution in [-0.4, -0.2) is 35.7 Å². The summed E-state index contributed by atoms with van der Waals surface area (Å²) in [6, 6.07) is 1.42. The summed E-state index contributed by atoms with van der Waals surface area (Å²) in [5.74, 6) is 0.401. The number of aromatic nitrogens is 1. The van der Waals surface area contributed by atoms with Gasteiger partial charge in [0.05, 0.1) is 17.6 Å². The Kier molecular flexibility index (Phi) is 4.14. The Labute approximate surface area is 119 Å². The fraction of sp³-hybridized carbons (Fsp3) is 0.583. The van der Waals surface area contributed by atoms with Crippen molar-refractivity contribution in [3.63, 3.8) is 0 Å². The van der Waals surface area contributed by atoms with Gasteiger partial charge in [0.25, 0.3) is 0 Å². The minimum Gasteiger partial charge on any atom is -0.367 e. The zero-order chi connectivity index (χ0) is 13.3. The molecule has 1 aliphatic rings. The normalized spacial score (nSPS) is 23.2. The van der Waals surface area contributed by atoms with Crippen LogP contribution in [0.5, 0.6) is 0 Å². The number of hydrogen-bond donors (Lipinski definition) is 0. The molecule has 100 valence electrons. The first-order valence-electron chi connectivity index (χ1n) is 5.71. The minimum absolute atomic E-state index is 0.111. The molecule has 0 saturated carbocycles. The maximum atomic E-state index is 13.9. The van der Waals surface area contributed by atoms with Gasteiger partial charge in [0.1, 0.15) is 0 Å². The summed E-state index contributed by atoms with van der Waals surface area (Å²) in [6.45, 7) is 5.08. The molecule has 1 aliphatic heterocycles. The van der Waals surface area contributed by atoms with E-state index in [2.05, 4.69) is 20.9 Å². The summed E-state index contributed by atoms with van der Waals surface area (Å²) >= 11 is 9.05. The minimum atomic E-state index is -0.362. The van der Waals surface area contributed by atoms with Crippen molar-refractivity contribution in [3.05, 3.63) is 22.6 Å². The number of halogens is 3. The Hall–Kier alpha value is -0.390. The van der Waals surface area contributed by atoms with Crippen molar-refractivity contribution in [1.82, 2.24) is 4.98 Å². The summed E-state index contributed by atoms with van der Waals surface area (Å²) in [6.07, 6.45) is 1.48. The number of pyridine rings is 1. The molecule has 1 aromatic heterocycles. The molecule has 2 rings (SSSR count). The van der Waals surface area contributed by atoms with Gasteiger partial charge in [-0.2, -0.15) is 0 Å². The lowest BCUT2D eigenvalue weighted by molar-refractivity contribution is -0.0737. The lowest BCUT2D eigenvalue weighted by Crippen LogP contribution is -2.54. The quantitative estimate of drug-likeness (QED) is 0.775. The molecular formula is C12H15BrClFN2O. The van der Waals surface area contributed by atoms with Crippen LogP contribution in [0.25, 0.3) is 0 Å².